The largest absolute Gasteiger partial charge is 0.484 e. The number of rotatable bonds is 7. The van der Waals surface area contributed by atoms with Gasteiger partial charge in [-0.1, -0.05) is 12.1 Å². The first kappa shape index (κ1) is 19.0. The minimum absolute atomic E-state index is 0.103. The standard InChI is InChI=1S/C18H20N2O6/c1-4-24-18(23)14-11(3)26-17(15(14)16(19)22)20-13(21)9-25-12-7-5-6-10(2)8-12/h5-8H,4,9H2,1-3H3,(H2,19,22)(H,20,21). The molecule has 0 atom stereocenters. The van der Waals surface area contributed by atoms with E-state index in [1.54, 1.807) is 25.1 Å². The van der Waals surface area contributed by atoms with Crippen molar-refractivity contribution < 1.29 is 28.3 Å². The zero-order valence-electron chi connectivity index (χ0n) is 14.8. The Morgan fingerprint density at radius 1 is 1.19 bits per heavy atom. The fourth-order valence-corrected chi connectivity index (χ4v) is 2.33. The third kappa shape index (κ3) is 4.41. The van der Waals surface area contributed by atoms with E-state index in [-0.39, 0.29) is 36.0 Å². The van der Waals surface area contributed by atoms with E-state index in [0.29, 0.717) is 5.75 Å². The molecule has 0 saturated heterocycles. The lowest BCUT2D eigenvalue weighted by atomic mass is 10.1. The number of furan rings is 1. The SMILES string of the molecule is CCOC(=O)c1c(C)oc(NC(=O)COc2cccc(C)c2)c1C(N)=O. The number of benzene rings is 1. The van der Waals surface area contributed by atoms with Crippen LogP contribution in [0.3, 0.4) is 0 Å². The van der Waals surface area contributed by atoms with Crippen molar-refractivity contribution in [3.05, 3.63) is 46.7 Å². The molecule has 1 aromatic carbocycles. The van der Waals surface area contributed by atoms with Crippen LogP contribution < -0.4 is 15.8 Å². The van der Waals surface area contributed by atoms with Crippen LogP contribution in [0.1, 0.15) is 39.0 Å². The molecule has 0 spiro atoms. The summed E-state index contributed by atoms with van der Waals surface area (Å²) in [7, 11) is 0. The zero-order chi connectivity index (χ0) is 19.3. The molecular formula is C18H20N2O6. The van der Waals surface area contributed by atoms with Crippen molar-refractivity contribution in [3.8, 4) is 5.75 Å². The molecule has 0 saturated carbocycles. The molecule has 0 fully saturated rings. The Morgan fingerprint density at radius 3 is 2.54 bits per heavy atom. The molecule has 2 aromatic rings. The maximum atomic E-state index is 12.1. The van der Waals surface area contributed by atoms with Gasteiger partial charge in [-0.2, -0.15) is 0 Å². The van der Waals surface area contributed by atoms with E-state index in [1.165, 1.54) is 6.92 Å². The van der Waals surface area contributed by atoms with Gasteiger partial charge in [0.2, 0.25) is 5.88 Å². The minimum Gasteiger partial charge on any atom is -0.484 e. The first-order valence-electron chi connectivity index (χ1n) is 7.93. The van der Waals surface area contributed by atoms with Crippen molar-refractivity contribution in [2.45, 2.75) is 20.8 Å². The molecule has 0 unspecified atom stereocenters. The van der Waals surface area contributed by atoms with Crippen molar-refractivity contribution in [1.29, 1.82) is 0 Å². The second kappa shape index (κ2) is 8.19. The Kier molecular flexibility index (Phi) is 6.00. The van der Waals surface area contributed by atoms with Crippen LogP contribution >= 0.6 is 0 Å². The van der Waals surface area contributed by atoms with Crippen LogP contribution in [0.2, 0.25) is 0 Å². The van der Waals surface area contributed by atoms with Gasteiger partial charge in [0.25, 0.3) is 11.8 Å². The Bertz CT molecular complexity index is 840. The van der Waals surface area contributed by atoms with E-state index in [0.717, 1.165) is 5.56 Å². The highest BCUT2D eigenvalue weighted by atomic mass is 16.5. The summed E-state index contributed by atoms with van der Waals surface area (Å²) >= 11 is 0. The topological polar surface area (TPSA) is 121 Å². The number of hydrogen-bond donors (Lipinski definition) is 2. The molecule has 3 N–H and O–H groups in total. The molecule has 2 rings (SSSR count). The normalized spacial score (nSPS) is 10.3. The van der Waals surface area contributed by atoms with Gasteiger partial charge in [0, 0.05) is 0 Å². The van der Waals surface area contributed by atoms with Gasteiger partial charge in [-0.15, -0.1) is 0 Å². The van der Waals surface area contributed by atoms with Gasteiger partial charge in [-0.05, 0) is 38.5 Å². The number of anilines is 1. The number of esters is 1. The van der Waals surface area contributed by atoms with Crippen molar-refractivity contribution in [2.24, 2.45) is 5.73 Å². The third-order valence-electron chi connectivity index (χ3n) is 3.42. The summed E-state index contributed by atoms with van der Waals surface area (Å²) in [4.78, 5) is 35.8. The highest BCUT2D eigenvalue weighted by Gasteiger charge is 2.29. The Hall–Kier alpha value is -3.29. The number of nitrogens with two attached hydrogens (primary N) is 1. The van der Waals surface area contributed by atoms with E-state index in [1.807, 2.05) is 13.0 Å². The molecule has 1 aromatic heterocycles. The van der Waals surface area contributed by atoms with Crippen molar-refractivity contribution in [1.82, 2.24) is 0 Å². The summed E-state index contributed by atoms with van der Waals surface area (Å²) in [5.74, 6) is -1.81. The molecule has 0 aliphatic rings. The lowest BCUT2D eigenvalue weighted by Crippen LogP contribution is -2.23. The number of carbonyl (C=O) groups is 3. The average Bonchev–Trinajstić information content (AvgIpc) is 2.89. The summed E-state index contributed by atoms with van der Waals surface area (Å²) in [5.41, 5.74) is 5.98. The Labute approximate surface area is 150 Å². The number of ether oxygens (including phenoxy) is 2. The Balaban J connectivity index is 2.15. The summed E-state index contributed by atoms with van der Waals surface area (Å²) in [6.45, 7) is 4.80. The summed E-state index contributed by atoms with van der Waals surface area (Å²) in [6.07, 6.45) is 0. The fourth-order valence-electron chi connectivity index (χ4n) is 2.33. The van der Waals surface area contributed by atoms with E-state index in [4.69, 9.17) is 19.6 Å². The van der Waals surface area contributed by atoms with Gasteiger partial charge in [0.15, 0.2) is 6.61 Å². The monoisotopic (exact) mass is 360 g/mol. The van der Waals surface area contributed by atoms with Gasteiger partial charge < -0.3 is 19.6 Å². The zero-order valence-corrected chi connectivity index (χ0v) is 14.8. The van der Waals surface area contributed by atoms with Crippen LogP contribution in [0.5, 0.6) is 5.75 Å². The quantitative estimate of drug-likeness (QED) is 0.730. The first-order chi connectivity index (χ1) is 12.3. The average molecular weight is 360 g/mol. The van der Waals surface area contributed by atoms with Crippen molar-refractivity contribution in [3.63, 3.8) is 0 Å². The first-order valence-corrected chi connectivity index (χ1v) is 7.93. The predicted octanol–water partition coefficient (Wildman–Crippen LogP) is 2.19. The maximum absolute atomic E-state index is 12.1. The maximum Gasteiger partial charge on any atom is 0.342 e. The molecule has 1 heterocycles. The number of primary amides is 1. The molecule has 2 amide bonds. The summed E-state index contributed by atoms with van der Waals surface area (Å²) < 4.78 is 15.6. The van der Waals surface area contributed by atoms with E-state index < -0.39 is 17.8 Å². The molecule has 8 heteroatoms. The molecular weight excluding hydrogens is 340 g/mol. The molecule has 138 valence electrons. The van der Waals surface area contributed by atoms with Gasteiger partial charge in [0.05, 0.1) is 6.61 Å². The summed E-state index contributed by atoms with van der Waals surface area (Å²) in [6, 6.07) is 7.19. The van der Waals surface area contributed by atoms with Crippen LogP contribution in [-0.2, 0) is 9.53 Å². The second-order valence-corrected chi connectivity index (χ2v) is 5.48. The van der Waals surface area contributed by atoms with E-state index in [2.05, 4.69) is 5.32 Å². The number of nitrogens with one attached hydrogen (secondary N) is 1. The van der Waals surface area contributed by atoms with Crippen LogP contribution in [-0.4, -0.2) is 31.0 Å². The fraction of sp³-hybridized carbons (Fsp3) is 0.278. The van der Waals surface area contributed by atoms with E-state index in [9.17, 15) is 14.4 Å². The van der Waals surface area contributed by atoms with Gasteiger partial charge in [0.1, 0.15) is 22.6 Å². The van der Waals surface area contributed by atoms with Crippen LogP contribution in [0, 0.1) is 13.8 Å². The number of hydrogen-bond acceptors (Lipinski definition) is 6. The molecule has 0 bridgehead atoms. The number of aryl methyl sites for hydroxylation is 2. The third-order valence-corrected chi connectivity index (χ3v) is 3.42. The lowest BCUT2D eigenvalue weighted by Gasteiger charge is -2.07. The highest BCUT2D eigenvalue weighted by Crippen LogP contribution is 2.27. The number of carbonyl (C=O) groups excluding carboxylic acids is 3. The molecule has 8 nitrogen and oxygen atoms in total. The predicted molar refractivity (Wildman–Crippen MR) is 93.2 cm³/mol. The van der Waals surface area contributed by atoms with E-state index >= 15 is 0 Å². The lowest BCUT2D eigenvalue weighted by molar-refractivity contribution is -0.118. The Morgan fingerprint density at radius 2 is 1.92 bits per heavy atom. The van der Waals surface area contributed by atoms with Gasteiger partial charge in [-0.3, -0.25) is 14.9 Å². The van der Waals surface area contributed by atoms with Gasteiger partial charge in [-0.25, -0.2) is 4.79 Å². The van der Waals surface area contributed by atoms with Gasteiger partial charge >= 0.3 is 5.97 Å². The minimum atomic E-state index is -0.917. The van der Waals surface area contributed by atoms with Crippen LogP contribution in [0.4, 0.5) is 5.88 Å². The molecule has 26 heavy (non-hydrogen) atoms. The smallest absolute Gasteiger partial charge is 0.342 e. The highest BCUT2D eigenvalue weighted by molar-refractivity contribution is 6.10. The van der Waals surface area contributed by atoms with Crippen LogP contribution in [0.15, 0.2) is 28.7 Å². The number of amides is 2. The second-order valence-electron chi connectivity index (χ2n) is 5.48. The molecule has 0 aliphatic heterocycles. The molecule has 0 aliphatic carbocycles. The van der Waals surface area contributed by atoms with Crippen molar-refractivity contribution in [2.75, 3.05) is 18.5 Å². The molecule has 0 radical (unpaired) electrons. The van der Waals surface area contributed by atoms with Crippen LogP contribution in [0.25, 0.3) is 0 Å². The summed E-state index contributed by atoms with van der Waals surface area (Å²) in [5, 5.41) is 2.40. The van der Waals surface area contributed by atoms with Crippen molar-refractivity contribution >= 4 is 23.7 Å².